The Morgan fingerprint density at radius 3 is 2.27 bits per heavy atom. The third-order valence-electron chi connectivity index (χ3n) is 2.14. The first kappa shape index (κ1) is 9.73. The van der Waals surface area contributed by atoms with E-state index in [1.165, 1.54) is 18.2 Å². The summed E-state index contributed by atoms with van der Waals surface area (Å²) in [6.07, 6.45) is 0. The number of fused-ring (bicyclic) bond motifs is 1. The van der Waals surface area contributed by atoms with E-state index in [1.54, 1.807) is 0 Å². The van der Waals surface area contributed by atoms with E-state index in [4.69, 9.17) is 11.6 Å². The first-order valence-corrected chi connectivity index (χ1v) is 4.42. The molecule has 0 radical (unpaired) electrons. The highest BCUT2D eigenvalue weighted by molar-refractivity contribution is 6.38. The number of halogens is 1. The van der Waals surface area contributed by atoms with Crippen LogP contribution in [-0.4, -0.2) is 21.8 Å². The summed E-state index contributed by atoms with van der Waals surface area (Å²) in [7, 11) is 0. The zero-order chi connectivity index (χ0) is 11.2. The molecular weight excluding hydrogens is 220 g/mol. The second-order valence-corrected chi connectivity index (χ2v) is 3.43. The van der Waals surface area contributed by atoms with Gasteiger partial charge in [-0.3, -0.25) is 9.59 Å². The van der Waals surface area contributed by atoms with Gasteiger partial charge in [-0.1, -0.05) is 23.7 Å². The summed E-state index contributed by atoms with van der Waals surface area (Å²) >= 11 is 5.73. The number of hydrogen-bond acceptors (Lipinski definition) is 4. The van der Waals surface area contributed by atoms with E-state index >= 15 is 0 Å². The van der Waals surface area contributed by atoms with E-state index < -0.39 is 23.1 Å². The van der Waals surface area contributed by atoms with Crippen molar-refractivity contribution in [3.05, 3.63) is 45.9 Å². The maximum absolute atomic E-state index is 11.5. The molecule has 0 bridgehead atoms. The molecule has 0 saturated carbocycles. The van der Waals surface area contributed by atoms with Crippen LogP contribution in [0.25, 0.3) is 0 Å². The third kappa shape index (κ3) is 1.22. The first-order valence-electron chi connectivity index (χ1n) is 4.04. The maximum Gasteiger partial charge on any atom is 0.233 e. The van der Waals surface area contributed by atoms with Crippen LogP contribution < -0.4 is 0 Å². The number of Topliss-reactive ketones (excluding diaryl/α,β-unsaturated/α-hetero) is 2. The lowest BCUT2D eigenvalue weighted by Gasteiger charge is -2.14. The largest absolute Gasteiger partial charge is 0.501 e. The Kier molecular flexibility index (Phi) is 2.01. The van der Waals surface area contributed by atoms with Gasteiger partial charge in [0.2, 0.25) is 23.1 Å². The molecule has 2 rings (SSSR count). The number of allylic oxidation sites excluding steroid dienone is 2. The van der Waals surface area contributed by atoms with Gasteiger partial charge in [0.1, 0.15) is 0 Å². The molecule has 1 aromatic rings. The van der Waals surface area contributed by atoms with Crippen LogP contribution in [0.4, 0.5) is 0 Å². The van der Waals surface area contributed by atoms with Gasteiger partial charge in [0.05, 0.1) is 10.6 Å². The summed E-state index contributed by atoms with van der Waals surface area (Å²) in [5, 5.41) is 18.4. The van der Waals surface area contributed by atoms with Crippen LogP contribution in [0, 0.1) is 0 Å². The summed E-state index contributed by atoms with van der Waals surface area (Å²) in [5.41, 5.74) is -0.0673. The molecule has 0 aromatic heterocycles. The molecule has 0 fully saturated rings. The van der Waals surface area contributed by atoms with Gasteiger partial charge < -0.3 is 10.2 Å². The Morgan fingerprint density at radius 2 is 1.60 bits per heavy atom. The normalized spacial score (nSPS) is 15.5. The Balaban J connectivity index is 2.79. The minimum absolute atomic E-state index is 0.00259. The van der Waals surface area contributed by atoms with Crippen LogP contribution in [0.5, 0.6) is 0 Å². The predicted molar refractivity (Wildman–Crippen MR) is 52.4 cm³/mol. The molecule has 0 unspecified atom stereocenters. The highest BCUT2D eigenvalue weighted by Crippen LogP contribution is 2.29. The number of hydrogen-bond donors (Lipinski definition) is 2. The van der Waals surface area contributed by atoms with Crippen molar-refractivity contribution in [2.24, 2.45) is 0 Å². The summed E-state index contributed by atoms with van der Waals surface area (Å²) in [5.74, 6) is -3.53. The molecule has 76 valence electrons. The molecule has 0 spiro atoms. The average molecular weight is 225 g/mol. The molecule has 0 aliphatic heterocycles. The minimum Gasteiger partial charge on any atom is -0.501 e. The summed E-state index contributed by atoms with van der Waals surface area (Å²) in [6.45, 7) is 0. The van der Waals surface area contributed by atoms with Crippen molar-refractivity contribution in [1.82, 2.24) is 0 Å². The smallest absolute Gasteiger partial charge is 0.233 e. The van der Waals surface area contributed by atoms with Crippen LogP contribution >= 0.6 is 11.6 Å². The van der Waals surface area contributed by atoms with Crippen LogP contribution in [0.15, 0.2) is 29.7 Å². The monoisotopic (exact) mass is 224 g/mol. The van der Waals surface area contributed by atoms with Gasteiger partial charge in [0, 0.05) is 5.56 Å². The lowest BCUT2D eigenvalue weighted by Crippen LogP contribution is -2.22. The fraction of sp³-hybridized carbons (Fsp3) is 0. The molecule has 15 heavy (non-hydrogen) atoms. The molecule has 0 atom stereocenters. The molecule has 0 heterocycles. The quantitative estimate of drug-likeness (QED) is 0.707. The minimum atomic E-state index is -0.958. The van der Waals surface area contributed by atoms with Gasteiger partial charge in [0.25, 0.3) is 0 Å². The fourth-order valence-electron chi connectivity index (χ4n) is 1.41. The fourth-order valence-corrected chi connectivity index (χ4v) is 1.67. The lowest BCUT2D eigenvalue weighted by atomic mass is 9.92. The molecule has 4 nitrogen and oxygen atoms in total. The van der Waals surface area contributed by atoms with Crippen molar-refractivity contribution in [2.45, 2.75) is 0 Å². The van der Waals surface area contributed by atoms with Crippen molar-refractivity contribution >= 4 is 23.2 Å². The van der Waals surface area contributed by atoms with Crippen molar-refractivity contribution in [2.75, 3.05) is 0 Å². The van der Waals surface area contributed by atoms with E-state index in [0.717, 1.165) is 0 Å². The van der Waals surface area contributed by atoms with E-state index in [2.05, 4.69) is 0 Å². The van der Waals surface area contributed by atoms with Crippen LogP contribution in [0.1, 0.15) is 20.7 Å². The zero-order valence-electron chi connectivity index (χ0n) is 7.32. The molecule has 5 heteroatoms. The SMILES string of the molecule is O=C1C(O)=C(O)C(=O)c2c(Cl)cccc21. The highest BCUT2D eigenvalue weighted by Gasteiger charge is 2.33. The van der Waals surface area contributed by atoms with Crippen LogP contribution in [0.2, 0.25) is 5.02 Å². The van der Waals surface area contributed by atoms with E-state index in [9.17, 15) is 19.8 Å². The number of rotatable bonds is 0. The second-order valence-electron chi connectivity index (χ2n) is 3.02. The maximum atomic E-state index is 11.5. The highest BCUT2D eigenvalue weighted by atomic mass is 35.5. The number of aliphatic hydroxyl groups excluding tert-OH is 2. The number of carbonyl (C=O) groups excluding carboxylic acids is 2. The Morgan fingerprint density at radius 1 is 1.00 bits per heavy atom. The van der Waals surface area contributed by atoms with Crippen molar-refractivity contribution in [3.8, 4) is 0 Å². The van der Waals surface area contributed by atoms with E-state index in [-0.39, 0.29) is 16.1 Å². The Bertz CT molecular complexity index is 516. The van der Waals surface area contributed by atoms with Crippen LogP contribution in [-0.2, 0) is 0 Å². The van der Waals surface area contributed by atoms with Gasteiger partial charge in [0.15, 0.2) is 0 Å². The topological polar surface area (TPSA) is 74.6 Å². The van der Waals surface area contributed by atoms with Gasteiger partial charge in [-0.15, -0.1) is 0 Å². The third-order valence-corrected chi connectivity index (χ3v) is 2.45. The number of carbonyl (C=O) groups is 2. The Hall–Kier alpha value is -1.81. The van der Waals surface area contributed by atoms with Gasteiger partial charge in [-0.05, 0) is 6.07 Å². The first-order chi connectivity index (χ1) is 7.04. The lowest BCUT2D eigenvalue weighted by molar-refractivity contribution is 0.0881. The predicted octanol–water partition coefficient (Wildman–Crippen LogP) is 2.05. The van der Waals surface area contributed by atoms with Gasteiger partial charge in [-0.25, -0.2) is 0 Å². The molecular formula is C10H5ClO4. The van der Waals surface area contributed by atoms with Gasteiger partial charge in [-0.2, -0.15) is 0 Å². The number of aliphatic hydroxyl groups is 2. The zero-order valence-corrected chi connectivity index (χ0v) is 8.08. The standard InChI is InChI=1S/C10H5ClO4/c11-5-3-1-2-4-6(5)8(13)10(15)9(14)7(4)12/h1-3,14-15H. The average Bonchev–Trinajstić information content (AvgIpc) is 2.23. The van der Waals surface area contributed by atoms with Crippen molar-refractivity contribution < 1.29 is 19.8 Å². The number of benzene rings is 1. The molecule has 1 aliphatic carbocycles. The molecule has 0 amide bonds. The number of ketones is 2. The van der Waals surface area contributed by atoms with E-state index in [0.29, 0.717) is 0 Å². The van der Waals surface area contributed by atoms with E-state index in [1.807, 2.05) is 0 Å². The molecule has 1 aliphatic rings. The molecule has 0 saturated heterocycles. The Labute approximate surface area is 89.4 Å². The second kappa shape index (κ2) is 3.10. The summed E-state index contributed by atoms with van der Waals surface area (Å²) in [6, 6.07) is 4.29. The van der Waals surface area contributed by atoms with Crippen molar-refractivity contribution in [3.63, 3.8) is 0 Å². The molecule has 2 N–H and O–H groups in total. The summed E-state index contributed by atoms with van der Waals surface area (Å²) < 4.78 is 0. The van der Waals surface area contributed by atoms with Crippen molar-refractivity contribution in [1.29, 1.82) is 0 Å². The van der Waals surface area contributed by atoms with Gasteiger partial charge >= 0.3 is 0 Å². The van der Waals surface area contributed by atoms with Crippen LogP contribution in [0.3, 0.4) is 0 Å². The molecule has 1 aromatic carbocycles. The summed E-state index contributed by atoms with van der Waals surface area (Å²) in [4.78, 5) is 22.9.